The number of aromatic nitrogens is 2. The van der Waals surface area contributed by atoms with Crippen LogP contribution in [0.25, 0.3) is 5.69 Å². The quantitative estimate of drug-likeness (QED) is 0.580. The summed E-state index contributed by atoms with van der Waals surface area (Å²) in [6.07, 6.45) is -2.83. The number of amides is 1. The van der Waals surface area contributed by atoms with Crippen LogP contribution in [0.15, 0.2) is 53.3 Å². The van der Waals surface area contributed by atoms with Gasteiger partial charge in [-0.1, -0.05) is 18.2 Å². The molecular weight excluding hydrogens is 440 g/mol. The van der Waals surface area contributed by atoms with Crippen LogP contribution in [0.5, 0.6) is 0 Å². The van der Waals surface area contributed by atoms with Crippen molar-refractivity contribution in [1.82, 2.24) is 9.78 Å². The SMILES string of the molecule is Cc1cc(=O)c(C(=O)Nc2c(F)cccc2N2CCCC2)nn1-c1ccccc1C(F)(F)F. The van der Waals surface area contributed by atoms with Gasteiger partial charge < -0.3 is 10.2 Å². The Labute approximate surface area is 186 Å². The lowest BCUT2D eigenvalue weighted by Gasteiger charge is -2.22. The zero-order chi connectivity index (χ0) is 23.8. The first kappa shape index (κ1) is 22.5. The summed E-state index contributed by atoms with van der Waals surface area (Å²) in [5.74, 6) is -1.70. The van der Waals surface area contributed by atoms with Crippen molar-refractivity contribution in [3.05, 3.63) is 81.5 Å². The fourth-order valence-electron chi connectivity index (χ4n) is 3.88. The minimum absolute atomic E-state index is 0.103. The maximum absolute atomic E-state index is 14.6. The highest BCUT2D eigenvalue weighted by Gasteiger charge is 2.34. The summed E-state index contributed by atoms with van der Waals surface area (Å²) < 4.78 is 56.0. The van der Waals surface area contributed by atoms with Gasteiger partial charge in [-0.05, 0) is 44.0 Å². The molecule has 1 saturated heterocycles. The molecule has 0 bridgehead atoms. The van der Waals surface area contributed by atoms with Crippen molar-refractivity contribution in [1.29, 1.82) is 0 Å². The number of alkyl halides is 3. The number of carbonyl (C=O) groups excluding carboxylic acids is 1. The molecule has 2 heterocycles. The van der Waals surface area contributed by atoms with E-state index in [-0.39, 0.29) is 17.1 Å². The molecule has 0 radical (unpaired) electrons. The molecule has 0 unspecified atom stereocenters. The van der Waals surface area contributed by atoms with E-state index < -0.39 is 34.6 Å². The molecule has 0 aliphatic carbocycles. The van der Waals surface area contributed by atoms with Crippen molar-refractivity contribution < 1.29 is 22.4 Å². The maximum Gasteiger partial charge on any atom is 0.418 e. The molecule has 0 spiro atoms. The largest absolute Gasteiger partial charge is 0.418 e. The molecule has 0 saturated carbocycles. The zero-order valence-corrected chi connectivity index (χ0v) is 17.6. The highest BCUT2D eigenvalue weighted by atomic mass is 19.4. The Balaban J connectivity index is 1.76. The van der Waals surface area contributed by atoms with Gasteiger partial charge in [0, 0.05) is 24.8 Å². The number of carbonyl (C=O) groups is 1. The summed E-state index contributed by atoms with van der Waals surface area (Å²) in [6.45, 7) is 2.79. The van der Waals surface area contributed by atoms with E-state index in [1.165, 1.54) is 37.3 Å². The van der Waals surface area contributed by atoms with Crippen LogP contribution in [-0.4, -0.2) is 28.8 Å². The molecular formula is C23H20F4N4O2. The smallest absolute Gasteiger partial charge is 0.370 e. The van der Waals surface area contributed by atoms with Crippen molar-refractivity contribution in [2.45, 2.75) is 25.9 Å². The molecule has 10 heteroatoms. The van der Waals surface area contributed by atoms with Crippen LogP contribution < -0.4 is 15.6 Å². The van der Waals surface area contributed by atoms with Gasteiger partial charge in [0.25, 0.3) is 5.91 Å². The number of aryl methyl sites for hydroxylation is 1. The zero-order valence-electron chi connectivity index (χ0n) is 17.6. The second-order valence-electron chi connectivity index (χ2n) is 7.71. The van der Waals surface area contributed by atoms with E-state index in [1.807, 2.05) is 4.90 Å². The number of hydrogen-bond donors (Lipinski definition) is 1. The highest BCUT2D eigenvalue weighted by Crippen LogP contribution is 2.34. The van der Waals surface area contributed by atoms with Crippen molar-refractivity contribution >= 4 is 17.3 Å². The second-order valence-corrected chi connectivity index (χ2v) is 7.71. The molecule has 1 aromatic heterocycles. The topological polar surface area (TPSA) is 67.2 Å². The lowest BCUT2D eigenvalue weighted by molar-refractivity contribution is -0.137. The number of nitrogens with one attached hydrogen (secondary N) is 1. The monoisotopic (exact) mass is 460 g/mol. The van der Waals surface area contributed by atoms with E-state index in [1.54, 1.807) is 6.07 Å². The van der Waals surface area contributed by atoms with E-state index in [0.29, 0.717) is 18.8 Å². The molecule has 33 heavy (non-hydrogen) atoms. The van der Waals surface area contributed by atoms with Crippen LogP contribution in [0.4, 0.5) is 28.9 Å². The fraction of sp³-hybridized carbons (Fsp3) is 0.261. The van der Waals surface area contributed by atoms with Crippen LogP contribution in [-0.2, 0) is 6.18 Å². The van der Waals surface area contributed by atoms with Gasteiger partial charge in [0.2, 0.25) is 5.43 Å². The van der Waals surface area contributed by atoms with Gasteiger partial charge in [0.05, 0.1) is 16.9 Å². The molecule has 3 aromatic rings. The van der Waals surface area contributed by atoms with Crippen molar-refractivity contribution in [2.24, 2.45) is 0 Å². The van der Waals surface area contributed by atoms with Crippen LogP contribution in [0, 0.1) is 12.7 Å². The maximum atomic E-state index is 14.6. The third-order valence-corrected chi connectivity index (χ3v) is 5.44. The standard InChI is InChI=1S/C23H20F4N4O2/c1-14-13-19(32)21(29-31(14)17-9-3-2-7-15(17)23(25,26)27)22(33)28-20-16(24)8-6-10-18(20)30-11-4-5-12-30/h2-3,6-10,13H,4-5,11-12H2,1H3,(H,28,33). The summed E-state index contributed by atoms with van der Waals surface area (Å²) in [4.78, 5) is 27.4. The van der Waals surface area contributed by atoms with Crippen LogP contribution >= 0.6 is 0 Å². The van der Waals surface area contributed by atoms with Crippen molar-refractivity contribution in [3.8, 4) is 5.69 Å². The van der Waals surface area contributed by atoms with E-state index in [4.69, 9.17) is 0 Å². The first-order valence-corrected chi connectivity index (χ1v) is 10.3. The van der Waals surface area contributed by atoms with Gasteiger partial charge in [-0.2, -0.15) is 18.3 Å². The first-order valence-electron chi connectivity index (χ1n) is 10.3. The van der Waals surface area contributed by atoms with Gasteiger partial charge >= 0.3 is 6.18 Å². The predicted octanol–water partition coefficient (Wildman–Crippen LogP) is 4.55. The van der Waals surface area contributed by atoms with E-state index >= 15 is 0 Å². The number of halogens is 4. The molecule has 1 N–H and O–H groups in total. The summed E-state index contributed by atoms with van der Waals surface area (Å²) in [7, 11) is 0. The first-order chi connectivity index (χ1) is 15.7. The van der Waals surface area contributed by atoms with Gasteiger partial charge in [0.1, 0.15) is 11.5 Å². The molecule has 1 amide bonds. The third kappa shape index (κ3) is 4.46. The Hall–Kier alpha value is -3.69. The lowest BCUT2D eigenvalue weighted by atomic mass is 10.1. The Morgan fingerprint density at radius 2 is 1.70 bits per heavy atom. The van der Waals surface area contributed by atoms with E-state index in [0.717, 1.165) is 29.7 Å². The minimum Gasteiger partial charge on any atom is -0.370 e. The summed E-state index contributed by atoms with van der Waals surface area (Å²) in [6, 6.07) is 10.1. The fourth-order valence-corrected chi connectivity index (χ4v) is 3.88. The minimum atomic E-state index is -4.67. The van der Waals surface area contributed by atoms with E-state index in [9.17, 15) is 27.2 Å². The molecule has 0 atom stereocenters. The Morgan fingerprint density at radius 1 is 1.03 bits per heavy atom. The summed E-state index contributed by atoms with van der Waals surface area (Å²) in [5, 5.41) is 6.33. The van der Waals surface area contributed by atoms with Gasteiger partial charge in [-0.25, -0.2) is 9.07 Å². The molecule has 1 fully saturated rings. The Kier molecular flexibility index (Phi) is 5.92. The number of rotatable bonds is 4. The van der Waals surface area contributed by atoms with Crippen LogP contribution in [0.1, 0.15) is 34.6 Å². The molecule has 172 valence electrons. The van der Waals surface area contributed by atoms with Crippen LogP contribution in [0.3, 0.4) is 0 Å². The molecule has 1 aliphatic rings. The van der Waals surface area contributed by atoms with Gasteiger partial charge in [0.15, 0.2) is 5.69 Å². The summed E-state index contributed by atoms with van der Waals surface area (Å²) >= 11 is 0. The molecule has 6 nitrogen and oxygen atoms in total. The summed E-state index contributed by atoms with van der Waals surface area (Å²) in [5.41, 5.74) is -2.26. The average molecular weight is 460 g/mol. The number of benzene rings is 2. The number of nitrogens with zero attached hydrogens (tertiary/aromatic N) is 3. The van der Waals surface area contributed by atoms with Crippen molar-refractivity contribution in [2.75, 3.05) is 23.3 Å². The van der Waals surface area contributed by atoms with Gasteiger partial charge in [-0.3, -0.25) is 9.59 Å². The predicted molar refractivity (Wildman–Crippen MR) is 115 cm³/mol. The molecule has 2 aromatic carbocycles. The number of hydrogen-bond acceptors (Lipinski definition) is 4. The lowest BCUT2D eigenvalue weighted by Crippen LogP contribution is -2.29. The average Bonchev–Trinajstić information content (AvgIpc) is 3.29. The number of para-hydroxylation sites is 2. The van der Waals surface area contributed by atoms with E-state index in [2.05, 4.69) is 10.4 Å². The Morgan fingerprint density at radius 3 is 2.39 bits per heavy atom. The number of anilines is 2. The van der Waals surface area contributed by atoms with Crippen LogP contribution in [0.2, 0.25) is 0 Å². The second kappa shape index (κ2) is 8.68. The van der Waals surface area contributed by atoms with Gasteiger partial charge in [-0.15, -0.1) is 0 Å². The Bertz CT molecular complexity index is 1260. The molecule has 4 rings (SSSR count). The normalized spacial score (nSPS) is 13.9. The molecule has 1 aliphatic heterocycles. The highest BCUT2D eigenvalue weighted by molar-refractivity contribution is 6.04. The third-order valence-electron chi connectivity index (χ3n) is 5.44. The van der Waals surface area contributed by atoms with Crippen molar-refractivity contribution in [3.63, 3.8) is 0 Å².